The maximum Gasteiger partial charge on any atom is 0.354 e. The highest BCUT2D eigenvalue weighted by molar-refractivity contribution is 7.14. The van der Waals surface area contributed by atoms with E-state index in [2.05, 4.69) is 10.3 Å². The van der Waals surface area contributed by atoms with Crippen LogP contribution in [0.2, 0.25) is 0 Å². The topological polar surface area (TPSA) is 82.2 Å². The molecular weight excluding hydrogens is 276 g/mol. The van der Waals surface area contributed by atoms with Gasteiger partial charge in [0, 0.05) is 10.6 Å². The van der Waals surface area contributed by atoms with Crippen molar-refractivity contribution >= 4 is 28.9 Å². The van der Waals surface area contributed by atoms with Gasteiger partial charge in [-0.15, -0.1) is 11.3 Å². The molecule has 0 unspecified atom stereocenters. The van der Waals surface area contributed by atoms with Crippen molar-refractivity contribution in [1.29, 1.82) is 0 Å². The lowest BCUT2D eigenvalue weighted by Crippen LogP contribution is -2.12. The lowest BCUT2D eigenvalue weighted by molar-refractivity contribution is 0.0692. The predicted octanol–water partition coefficient (Wildman–Crippen LogP) is 2.82. The Hall–Kier alpha value is -2.08. The molecule has 1 aliphatic carbocycles. The third-order valence-corrected chi connectivity index (χ3v) is 4.62. The number of rotatable bonds is 3. The van der Waals surface area contributed by atoms with Crippen LogP contribution in [0.3, 0.4) is 0 Å². The second-order valence-electron chi connectivity index (χ2n) is 4.91. The Balaban J connectivity index is 1.83. The Bertz CT molecular complexity index is 678. The Morgan fingerprint density at radius 3 is 2.85 bits per heavy atom. The van der Waals surface area contributed by atoms with E-state index in [4.69, 9.17) is 5.11 Å². The molecule has 0 saturated heterocycles. The Morgan fingerprint density at radius 2 is 2.15 bits per heavy atom. The average molecular weight is 290 g/mol. The molecule has 5 nitrogen and oxygen atoms in total. The first-order valence-corrected chi connectivity index (χ1v) is 7.22. The van der Waals surface area contributed by atoms with Crippen molar-refractivity contribution < 1.29 is 14.7 Å². The molecule has 0 saturated carbocycles. The van der Waals surface area contributed by atoms with Gasteiger partial charge in [-0.05, 0) is 43.9 Å². The van der Waals surface area contributed by atoms with E-state index < -0.39 is 5.97 Å². The van der Waals surface area contributed by atoms with Crippen LogP contribution in [0.5, 0.6) is 0 Å². The molecule has 0 fully saturated rings. The molecule has 3 rings (SSSR count). The molecule has 6 heteroatoms. The van der Waals surface area contributed by atoms with Crippen LogP contribution in [0.25, 0.3) is 0 Å². The molecule has 104 valence electrons. The molecule has 1 aliphatic rings. The van der Waals surface area contributed by atoms with E-state index in [-0.39, 0.29) is 11.6 Å². The van der Waals surface area contributed by atoms with Crippen molar-refractivity contribution in [3.05, 3.63) is 38.8 Å². The monoisotopic (exact) mass is 290 g/mol. The summed E-state index contributed by atoms with van der Waals surface area (Å²) in [4.78, 5) is 27.9. The molecule has 1 amide bonds. The van der Waals surface area contributed by atoms with Crippen LogP contribution in [-0.2, 0) is 12.8 Å². The number of aromatic amines is 1. The number of H-pyrrole nitrogens is 1. The molecule has 0 aliphatic heterocycles. The molecule has 0 spiro atoms. The summed E-state index contributed by atoms with van der Waals surface area (Å²) in [6.45, 7) is 1.75. The van der Waals surface area contributed by atoms with Crippen molar-refractivity contribution in [1.82, 2.24) is 4.98 Å². The van der Waals surface area contributed by atoms with Crippen LogP contribution >= 0.6 is 11.3 Å². The van der Waals surface area contributed by atoms with E-state index in [9.17, 15) is 9.59 Å². The van der Waals surface area contributed by atoms with Gasteiger partial charge in [-0.25, -0.2) is 4.79 Å². The minimum absolute atomic E-state index is 0.0138. The standard InChI is InChI=1S/C14H14N2O3S/c1-7-5-9(12(15-7)14(18)19)16-13(17)11-6-8-3-2-4-10(8)20-11/h5-6,15H,2-4H2,1H3,(H,16,17)(H,18,19). The summed E-state index contributed by atoms with van der Waals surface area (Å²) < 4.78 is 0. The normalized spacial score (nSPS) is 13.2. The van der Waals surface area contributed by atoms with Crippen LogP contribution in [-0.4, -0.2) is 22.0 Å². The number of hydrogen-bond acceptors (Lipinski definition) is 3. The average Bonchev–Trinajstić information content (AvgIpc) is 3.01. The number of anilines is 1. The highest BCUT2D eigenvalue weighted by atomic mass is 32.1. The molecule has 0 radical (unpaired) electrons. The van der Waals surface area contributed by atoms with E-state index in [0.717, 1.165) is 19.3 Å². The van der Waals surface area contributed by atoms with Gasteiger partial charge >= 0.3 is 5.97 Å². The second-order valence-corrected chi connectivity index (χ2v) is 6.05. The first-order chi connectivity index (χ1) is 9.54. The van der Waals surface area contributed by atoms with Crippen molar-refractivity contribution in [3.8, 4) is 0 Å². The number of aryl methyl sites for hydroxylation is 3. The van der Waals surface area contributed by atoms with E-state index in [1.165, 1.54) is 21.8 Å². The van der Waals surface area contributed by atoms with Crippen LogP contribution < -0.4 is 5.32 Å². The number of carboxylic acids is 1. The number of aromatic carboxylic acids is 1. The third kappa shape index (κ3) is 2.22. The number of fused-ring (bicyclic) bond motifs is 1. The quantitative estimate of drug-likeness (QED) is 0.813. The van der Waals surface area contributed by atoms with Gasteiger partial charge < -0.3 is 15.4 Å². The minimum Gasteiger partial charge on any atom is -0.477 e. The van der Waals surface area contributed by atoms with Crippen molar-refractivity contribution in [2.24, 2.45) is 0 Å². The van der Waals surface area contributed by atoms with E-state index in [1.807, 2.05) is 6.07 Å². The van der Waals surface area contributed by atoms with E-state index in [0.29, 0.717) is 16.3 Å². The molecule has 20 heavy (non-hydrogen) atoms. The Labute approximate surface area is 119 Å². The molecule has 2 aromatic rings. The number of hydrogen-bond donors (Lipinski definition) is 3. The van der Waals surface area contributed by atoms with Crippen LogP contribution in [0.4, 0.5) is 5.69 Å². The fourth-order valence-electron chi connectivity index (χ4n) is 2.48. The summed E-state index contributed by atoms with van der Waals surface area (Å²) >= 11 is 1.50. The highest BCUT2D eigenvalue weighted by Gasteiger charge is 2.20. The summed E-state index contributed by atoms with van der Waals surface area (Å²) in [7, 11) is 0. The van der Waals surface area contributed by atoms with Gasteiger partial charge in [0.1, 0.15) is 5.69 Å². The van der Waals surface area contributed by atoms with Gasteiger partial charge in [0.2, 0.25) is 0 Å². The van der Waals surface area contributed by atoms with Crippen LogP contribution in [0.15, 0.2) is 12.1 Å². The number of amides is 1. The molecular formula is C14H14N2O3S. The zero-order valence-electron chi connectivity index (χ0n) is 10.9. The maximum atomic E-state index is 12.2. The Kier molecular flexibility index (Phi) is 3.10. The predicted molar refractivity (Wildman–Crippen MR) is 76.8 cm³/mol. The minimum atomic E-state index is -1.08. The SMILES string of the molecule is Cc1cc(NC(=O)c2cc3c(s2)CCC3)c(C(=O)O)[nH]1. The van der Waals surface area contributed by atoms with Gasteiger partial charge in [0.25, 0.3) is 5.91 Å². The lowest BCUT2D eigenvalue weighted by Gasteiger charge is -2.02. The lowest BCUT2D eigenvalue weighted by atomic mass is 10.2. The van der Waals surface area contributed by atoms with Gasteiger partial charge in [-0.2, -0.15) is 0 Å². The smallest absolute Gasteiger partial charge is 0.354 e. The van der Waals surface area contributed by atoms with Crippen molar-refractivity contribution in [2.75, 3.05) is 5.32 Å². The first kappa shape index (κ1) is 12.9. The summed E-state index contributed by atoms with van der Waals surface area (Å²) in [5.41, 5.74) is 2.28. The number of thiophene rings is 1. The summed E-state index contributed by atoms with van der Waals surface area (Å²) in [5.74, 6) is -1.33. The second kappa shape index (κ2) is 4.79. The third-order valence-electron chi connectivity index (χ3n) is 3.38. The van der Waals surface area contributed by atoms with E-state index in [1.54, 1.807) is 13.0 Å². The largest absolute Gasteiger partial charge is 0.477 e. The highest BCUT2D eigenvalue weighted by Crippen LogP contribution is 2.31. The Morgan fingerprint density at radius 1 is 1.35 bits per heavy atom. The molecule has 2 aromatic heterocycles. The van der Waals surface area contributed by atoms with Crippen LogP contribution in [0.1, 0.15) is 42.7 Å². The van der Waals surface area contributed by atoms with Crippen molar-refractivity contribution in [3.63, 3.8) is 0 Å². The number of carbonyl (C=O) groups is 2. The summed E-state index contributed by atoms with van der Waals surface area (Å²) in [6.07, 6.45) is 3.23. The van der Waals surface area contributed by atoms with Crippen LogP contribution in [0, 0.1) is 6.92 Å². The number of carbonyl (C=O) groups excluding carboxylic acids is 1. The molecule has 0 aromatic carbocycles. The van der Waals surface area contributed by atoms with E-state index >= 15 is 0 Å². The number of aromatic nitrogens is 1. The fourth-order valence-corrected chi connectivity index (χ4v) is 3.63. The number of carboxylic acid groups (broad SMARTS) is 1. The zero-order valence-corrected chi connectivity index (χ0v) is 11.8. The van der Waals surface area contributed by atoms with Gasteiger partial charge in [-0.3, -0.25) is 4.79 Å². The summed E-state index contributed by atoms with van der Waals surface area (Å²) in [6, 6.07) is 3.55. The van der Waals surface area contributed by atoms with Crippen molar-refractivity contribution in [2.45, 2.75) is 26.2 Å². The van der Waals surface area contributed by atoms with Gasteiger partial charge in [-0.1, -0.05) is 0 Å². The van der Waals surface area contributed by atoms with Gasteiger partial charge in [0.15, 0.2) is 0 Å². The maximum absolute atomic E-state index is 12.2. The van der Waals surface area contributed by atoms with Gasteiger partial charge in [0.05, 0.1) is 10.6 Å². The molecule has 0 atom stereocenters. The molecule has 0 bridgehead atoms. The molecule has 3 N–H and O–H groups in total. The molecule has 2 heterocycles. The fraction of sp³-hybridized carbons (Fsp3) is 0.286. The number of nitrogens with one attached hydrogen (secondary N) is 2. The first-order valence-electron chi connectivity index (χ1n) is 6.40. The summed E-state index contributed by atoms with van der Waals surface area (Å²) in [5, 5.41) is 11.8. The zero-order chi connectivity index (χ0) is 14.3.